The van der Waals surface area contributed by atoms with E-state index in [0.717, 1.165) is 59.4 Å². The highest BCUT2D eigenvalue weighted by atomic mass is 32.2. The van der Waals surface area contributed by atoms with E-state index in [4.69, 9.17) is 0 Å². The molecule has 9 heteroatoms. The van der Waals surface area contributed by atoms with E-state index in [1.54, 1.807) is 24.3 Å². The maximum atomic E-state index is 14.2. The molecule has 1 fully saturated rings. The molecule has 0 unspecified atom stereocenters. The summed E-state index contributed by atoms with van der Waals surface area (Å²) in [6.45, 7) is 3.26. The molecule has 1 N–H and O–H groups in total. The zero-order valence-electron chi connectivity index (χ0n) is 24.6. The molecule has 0 radical (unpaired) electrons. The van der Waals surface area contributed by atoms with Gasteiger partial charge in [-0.15, -0.1) is 0 Å². The topological polar surface area (TPSA) is 86.8 Å². The Bertz CT molecular complexity index is 1450. The number of aryl methyl sites for hydroxylation is 2. The average Bonchev–Trinajstić information content (AvgIpc) is 2.94. The van der Waals surface area contributed by atoms with Crippen molar-refractivity contribution in [3.05, 3.63) is 101 Å². The van der Waals surface area contributed by atoms with E-state index in [1.165, 1.54) is 17.0 Å². The smallest absolute Gasteiger partial charge is 0.244 e. The second-order valence-corrected chi connectivity index (χ2v) is 13.2. The van der Waals surface area contributed by atoms with Gasteiger partial charge in [0.2, 0.25) is 21.8 Å². The number of carbonyl (C=O) groups excluding carboxylic acids is 2. The van der Waals surface area contributed by atoms with Gasteiger partial charge >= 0.3 is 0 Å². The molecule has 0 bridgehead atoms. The van der Waals surface area contributed by atoms with E-state index in [1.807, 2.05) is 50.2 Å². The highest BCUT2D eigenvalue weighted by molar-refractivity contribution is 7.92. The number of benzene rings is 3. The SMILES string of the molecule is Cc1cc(C)cc(N(CC(=O)N(Cc2ccc(F)cc2)[C@H](Cc2ccccc2)C(=O)NC2CCCCC2)S(C)(=O)=O)c1. The average molecular weight is 594 g/mol. The molecule has 1 saturated carbocycles. The van der Waals surface area contributed by atoms with Crippen molar-refractivity contribution in [2.75, 3.05) is 17.1 Å². The van der Waals surface area contributed by atoms with E-state index in [2.05, 4.69) is 5.32 Å². The number of hydrogen-bond donors (Lipinski definition) is 1. The van der Waals surface area contributed by atoms with Crippen molar-refractivity contribution < 1.29 is 22.4 Å². The van der Waals surface area contributed by atoms with Crippen molar-refractivity contribution >= 4 is 27.5 Å². The highest BCUT2D eigenvalue weighted by Crippen LogP contribution is 2.24. The third-order valence-electron chi connectivity index (χ3n) is 7.66. The van der Waals surface area contributed by atoms with Crippen LogP contribution in [0.2, 0.25) is 0 Å². The summed E-state index contributed by atoms with van der Waals surface area (Å²) in [4.78, 5) is 29.6. The summed E-state index contributed by atoms with van der Waals surface area (Å²) >= 11 is 0. The van der Waals surface area contributed by atoms with Crippen LogP contribution in [0.5, 0.6) is 0 Å². The highest BCUT2D eigenvalue weighted by Gasteiger charge is 2.34. The van der Waals surface area contributed by atoms with Gasteiger partial charge in [-0.3, -0.25) is 13.9 Å². The molecule has 42 heavy (non-hydrogen) atoms. The lowest BCUT2D eigenvalue weighted by Crippen LogP contribution is -2.55. The number of rotatable bonds is 11. The molecule has 3 aromatic carbocycles. The molecule has 3 aromatic rings. The van der Waals surface area contributed by atoms with Gasteiger partial charge in [0, 0.05) is 19.0 Å². The molecule has 224 valence electrons. The lowest BCUT2D eigenvalue weighted by atomic mass is 9.94. The van der Waals surface area contributed by atoms with E-state index in [-0.39, 0.29) is 24.9 Å². The Balaban J connectivity index is 1.73. The summed E-state index contributed by atoms with van der Waals surface area (Å²) in [7, 11) is -3.85. The Morgan fingerprint density at radius 3 is 2.12 bits per heavy atom. The van der Waals surface area contributed by atoms with E-state index < -0.39 is 34.3 Å². The van der Waals surface area contributed by atoms with Crippen LogP contribution in [0.25, 0.3) is 0 Å². The van der Waals surface area contributed by atoms with Crippen molar-refractivity contribution in [2.45, 2.75) is 71.0 Å². The molecule has 4 rings (SSSR count). The summed E-state index contributed by atoms with van der Waals surface area (Å²) in [5, 5.41) is 3.17. The number of halogens is 1. The molecule has 7 nitrogen and oxygen atoms in total. The Hall–Kier alpha value is -3.72. The molecular weight excluding hydrogens is 553 g/mol. The minimum atomic E-state index is -3.85. The zero-order chi connectivity index (χ0) is 30.3. The third kappa shape index (κ3) is 8.64. The maximum Gasteiger partial charge on any atom is 0.244 e. The fourth-order valence-corrected chi connectivity index (χ4v) is 6.43. The largest absolute Gasteiger partial charge is 0.352 e. The molecule has 0 saturated heterocycles. The zero-order valence-corrected chi connectivity index (χ0v) is 25.4. The lowest BCUT2D eigenvalue weighted by Gasteiger charge is -2.35. The second-order valence-electron chi connectivity index (χ2n) is 11.3. The van der Waals surface area contributed by atoms with Crippen molar-refractivity contribution in [1.29, 1.82) is 0 Å². The lowest BCUT2D eigenvalue weighted by molar-refractivity contribution is -0.140. The van der Waals surface area contributed by atoms with Crippen LogP contribution in [0.3, 0.4) is 0 Å². The van der Waals surface area contributed by atoms with Gasteiger partial charge in [0.25, 0.3) is 0 Å². The number of carbonyl (C=O) groups is 2. The number of nitrogens with zero attached hydrogens (tertiary/aromatic N) is 2. The van der Waals surface area contributed by atoms with Crippen LogP contribution in [0.15, 0.2) is 72.8 Å². The number of hydrogen-bond acceptors (Lipinski definition) is 4. The first-order valence-electron chi connectivity index (χ1n) is 14.4. The van der Waals surface area contributed by atoms with Crippen LogP contribution >= 0.6 is 0 Å². The minimum Gasteiger partial charge on any atom is -0.352 e. The van der Waals surface area contributed by atoms with Crippen LogP contribution in [0.1, 0.15) is 54.4 Å². The Morgan fingerprint density at radius 1 is 0.905 bits per heavy atom. The van der Waals surface area contributed by atoms with Gasteiger partial charge in [-0.1, -0.05) is 67.8 Å². The minimum absolute atomic E-state index is 0.0130. The predicted molar refractivity (Wildman–Crippen MR) is 164 cm³/mol. The maximum absolute atomic E-state index is 14.2. The first kappa shape index (κ1) is 31.2. The molecule has 0 aromatic heterocycles. The van der Waals surface area contributed by atoms with Crippen molar-refractivity contribution in [3.63, 3.8) is 0 Å². The van der Waals surface area contributed by atoms with Gasteiger partial charge in [0.05, 0.1) is 11.9 Å². The summed E-state index contributed by atoms with van der Waals surface area (Å²) in [5.74, 6) is -1.22. The van der Waals surface area contributed by atoms with Gasteiger partial charge in [-0.2, -0.15) is 0 Å². The normalized spacial score (nSPS) is 14.7. The number of sulfonamides is 1. The fourth-order valence-electron chi connectivity index (χ4n) is 5.59. The molecular formula is C33H40FN3O4S. The standard InChI is InChI=1S/C33H40FN3O4S/c1-24-18-25(2)20-30(19-24)37(42(3,40)41)23-32(38)36(22-27-14-16-28(34)17-15-27)31(21-26-10-6-4-7-11-26)33(39)35-29-12-8-5-9-13-29/h4,6-7,10-11,14-20,29,31H,5,8-9,12-13,21-23H2,1-3H3,(H,35,39)/t31-/m1/s1. The molecule has 1 atom stereocenters. The quantitative estimate of drug-likeness (QED) is 0.327. The fraction of sp³-hybridized carbons (Fsp3) is 0.394. The van der Waals surface area contributed by atoms with E-state index in [0.29, 0.717) is 11.3 Å². The molecule has 0 aliphatic heterocycles. The van der Waals surface area contributed by atoms with Crippen LogP contribution in [-0.4, -0.2) is 50.0 Å². The molecule has 1 aliphatic carbocycles. The van der Waals surface area contributed by atoms with Crippen LogP contribution in [0, 0.1) is 19.7 Å². The summed E-state index contributed by atoms with van der Waals surface area (Å²) in [5.41, 5.74) is 3.61. The third-order valence-corrected chi connectivity index (χ3v) is 8.80. The van der Waals surface area contributed by atoms with Gasteiger partial charge in [0.15, 0.2) is 0 Å². The van der Waals surface area contributed by atoms with Gasteiger partial charge in [-0.05, 0) is 73.2 Å². The number of nitrogens with one attached hydrogen (secondary N) is 1. The second kappa shape index (κ2) is 14.0. The Labute approximate surface area is 248 Å². The number of amides is 2. The van der Waals surface area contributed by atoms with Crippen LogP contribution in [-0.2, 0) is 32.6 Å². The Kier molecular flexibility index (Phi) is 10.4. The van der Waals surface area contributed by atoms with Gasteiger partial charge in [-0.25, -0.2) is 12.8 Å². The summed E-state index contributed by atoms with van der Waals surface area (Å²) < 4.78 is 40.8. The van der Waals surface area contributed by atoms with Crippen LogP contribution < -0.4 is 9.62 Å². The number of anilines is 1. The van der Waals surface area contributed by atoms with Gasteiger partial charge in [0.1, 0.15) is 18.4 Å². The summed E-state index contributed by atoms with van der Waals surface area (Å²) in [6.07, 6.45) is 6.27. The van der Waals surface area contributed by atoms with E-state index in [9.17, 15) is 22.4 Å². The molecule has 0 spiro atoms. The summed E-state index contributed by atoms with van der Waals surface area (Å²) in [6, 6.07) is 19.7. The molecule has 0 heterocycles. The first-order valence-corrected chi connectivity index (χ1v) is 16.3. The van der Waals surface area contributed by atoms with Crippen molar-refractivity contribution in [2.24, 2.45) is 0 Å². The van der Waals surface area contributed by atoms with Crippen molar-refractivity contribution in [3.8, 4) is 0 Å². The van der Waals surface area contributed by atoms with E-state index >= 15 is 0 Å². The van der Waals surface area contributed by atoms with Crippen molar-refractivity contribution in [1.82, 2.24) is 10.2 Å². The van der Waals surface area contributed by atoms with Crippen LogP contribution in [0.4, 0.5) is 10.1 Å². The first-order chi connectivity index (χ1) is 20.0. The molecule has 2 amide bonds. The van der Waals surface area contributed by atoms with Gasteiger partial charge < -0.3 is 10.2 Å². The predicted octanol–water partition coefficient (Wildman–Crippen LogP) is 5.30. The molecule has 1 aliphatic rings. The Morgan fingerprint density at radius 2 is 1.52 bits per heavy atom. The monoisotopic (exact) mass is 593 g/mol.